The van der Waals surface area contributed by atoms with Crippen LogP contribution in [0.25, 0.3) is 0 Å². The van der Waals surface area contributed by atoms with E-state index in [2.05, 4.69) is 33.0 Å². The van der Waals surface area contributed by atoms with Crippen molar-refractivity contribution in [3.8, 4) is 0 Å². The summed E-state index contributed by atoms with van der Waals surface area (Å²) in [5.41, 5.74) is -0.369. The topological polar surface area (TPSA) is 63.9 Å². The quantitative estimate of drug-likeness (QED) is 0.862. The van der Waals surface area contributed by atoms with Gasteiger partial charge in [0.15, 0.2) is 5.76 Å². The zero-order chi connectivity index (χ0) is 16.5. The predicted octanol–water partition coefficient (Wildman–Crippen LogP) is 2.00. The molecule has 1 N–H and O–H groups in total. The lowest BCUT2D eigenvalue weighted by Crippen LogP contribution is -2.66. The van der Waals surface area contributed by atoms with E-state index in [1.54, 1.807) is 13.1 Å². The van der Waals surface area contributed by atoms with Crippen molar-refractivity contribution in [3.63, 3.8) is 0 Å². The van der Waals surface area contributed by atoms with Crippen molar-refractivity contribution in [2.75, 3.05) is 20.8 Å². The minimum atomic E-state index is -0.303. The van der Waals surface area contributed by atoms with Crippen LogP contribution in [0.15, 0.2) is 16.5 Å². The van der Waals surface area contributed by atoms with Gasteiger partial charge in [0.25, 0.3) is 0 Å². The molecule has 1 amide bonds. The first-order valence-electron chi connectivity index (χ1n) is 7.49. The van der Waals surface area contributed by atoms with Gasteiger partial charge in [0.2, 0.25) is 0 Å². The molecule has 0 saturated carbocycles. The maximum atomic E-state index is 11.9. The highest BCUT2D eigenvalue weighted by atomic mass is 16.7. The monoisotopic (exact) mass is 310 g/mol. The lowest BCUT2D eigenvalue weighted by Gasteiger charge is -2.49. The Balaban J connectivity index is 2.01. The third kappa shape index (κ3) is 3.34. The summed E-state index contributed by atoms with van der Waals surface area (Å²) < 4.78 is 11.6. The summed E-state index contributed by atoms with van der Waals surface area (Å²) in [6, 6.07) is 3.65. The summed E-state index contributed by atoms with van der Waals surface area (Å²) in [5.74, 6) is 0.725. The molecule has 1 atom stereocenters. The number of nitrogens with one attached hydrogen (secondary N) is 1. The number of rotatable bonds is 4. The fourth-order valence-corrected chi connectivity index (χ4v) is 2.41. The zero-order valence-corrected chi connectivity index (χ0v) is 14.2. The third-order valence-corrected chi connectivity index (χ3v) is 4.60. The molecule has 1 aliphatic heterocycles. The van der Waals surface area contributed by atoms with E-state index in [1.807, 2.05) is 6.07 Å². The number of furan rings is 1. The Morgan fingerprint density at radius 2 is 2.09 bits per heavy atom. The fourth-order valence-electron chi connectivity index (χ4n) is 2.41. The van der Waals surface area contributed by atoms with Crippen LogP contribution in [0.5, 0.6) is 0 Å². The number of hydrogen-bond donors (Lipinski definition) is 1. The number of hydrogen-bond acceptors (Lipinski definition) is 5. The molecule has 0 aromatic carbocycles. The van der Waals surface area contributed by atoms with Gasteiger partial charge in [-0.3, -0.25) is 9.63 Å². The number of carbonyl (C=O) groups excluding carboxylic acids is 1. The molecule has 2 rings (SSSR count). The first kappa shape index (κ1) is 17.0. The van der Waals surface area contributed by atoms with E-state index in [9.17, 15) is 4.79 Å². The third-order valence-electron chi connectivity index (χ3n) is 4.60. The van der Waals surface area contributed by atoms with Crippen LogP contribution in [0.4, 0.5) is 0 Å². The Bertz CT molecular complexity index is 536. The van der Waals surface area contributed by atoms with E-state index in [0.29, 0.717) is 13.0 Å². The largest absolute Gasteiger partial charge is 0.456 e. The highest BCUT2D eigenvalue weighted by molar-refractivity contribution is 5.90. The van der Waals surface area contributed by atoms with Crippen LogP contribution in [-0.4, -0.2) is 48.9 Å². The second kappa shape index (κ2) is 6.02. The Labute approximate surface area is 131 Å². The van der Waals surface area contributed by atoms with Crippen LogP contribution in [0.3, 0.4) is 0 Å². The van der Waals surface area contributed by atoms with E-state index >= 15 is 0 Å². The molecular weight excluding hydrogens is 284 g/mol. The lowest BCUT2D eigenvalue weighted by molar-refractivity contribution is -0.121. The molecule has 124 valence electrons. The van der Waals surface area contributed by atoms with Crippen LogP contribution in [0.2, 0.25) is 0 Å². The minimum absolute atomic E-state index is 0.141. The summed E-state index contributed by atoms with van der Waals surface area (Å²) >= 11 is 0. The van der Waals surface area contributed by atoms with Crippen LogP contribution >= 0.6 is 0 Å². The van der Waals surface area contributed by atoms with Crippen molar-refractivity contribution in [3.05, 3.63) is 23.7 Å². The Hall–Kier alpha value is -1.37. The summed E-state index contributed by atoms with van der Waals surface area (Å²) in [6.07, 6.45) is 0.670. The van der Waals surface area contributed by atoms with Crippen molar-refractivity contribution < 1.29 is 18.8 Å². The number of amides is 1. The molecule has 0 bridgehead atoms. The summed E-state index contributed by atoms with van der Waals surface area (Å²) in [5, 5.41) is 4.73. The molecule has 0 spiro atoms. The number of morpholine rings is 1. The molecule has 1 fully saturated rings. The van der Waals surface area contributed by atoms with Crippen LogP contribution in [0.1, 0.15) is 44.0 Å². The molecule has 22 heavy (non-hydrogen) atoms. The van der Waals surface area contributed by atoms with Gasteiger partial charge in [0.1, 0.15) is 5.76 Å². The van der Waals surface area contributed by atoms with Crippen molar-refractivity contribution >= 4 is 5.91 Å². The van der Waals surface area contributed by atoms with E-state index < -0.39 is 0 Å². The lowest BCUT2D eigenvalue weighted by atomic mass is 9.83. The van der Waals surface area contributed by atoms with Gasteiger partial charge in [-0.25, -0.2) is 5.06 Å². The van der Waals surface area contributed by atoms with Crippen molar-refractivity contribution in [1.29, 1.82) is 0 Å². The van der Waals surface area contributed by atoms with E-state index in [4.69, 9.17) is 14.0 Å². The van der Waals surface area contributed by atoms with Gasteiger partial charge < -0.3 is 14.5 Å². The van der Waals surface area contributed by atoms with Gasteiger partial charge in [0, 0.05) is 25.0 Å². The van der Waals surface area contributed by atoms with Crippen LogP contribution in [0, 0.1) is 0 Å². The van der Waals surface area contributed by atoms with E-state index in [1.165, 1.54) is 7.11 Å². The average molecular weight is 310 g/mol. The first-order chi connectivity index (χ1) is 10.2. The fraction of sp³-hybridized carbons (Fsp3) is 0.688. The van der Waals surface area contributed by atoms with Crippen molar-refractivity contribution in [2.24, 2.45) is 0 Å². The summed E-state index contributed by atoms with van der Waals surface area (Å²) in [4.78, 5) is 16.8. The maximum absolute atomic E-state index is 11.9. The van der Waals surface area contributed by atoms with Crippen LogP contribution in [-0.2, 0) is 16.0 Å². The minimum Gasteiger partial charge on any atom is -0.456 e. The molecule has 6 heteroatoms. The van der Waals surface area contributed by atoms with Gasteiger partial charge in [-0.1, -0.05) is 0 Å². The molecule has 0 aliphatic carbocycles. The molecule has 1 unspecified atom stereocenters. The Kier molecular flexibility index (Phi) is 4.65. The molecule has 1 aliphatic rings. The molecule has 1 saturated heterocycles. The second-order valence-electron chi connectivity index (χ2n) is 6.74. The molecule has 6 nitrogen and oxygen atoms in total. The number of carbonyl (C=O) groups is 1. The second-order valence-corrected chi connectivity index (χ2v) is 6.74. The first-order valence-corrected chi connectivity index (χ1v) is 7.49. The average Bonchev–Trinajstić information content (AvgIpc) is 2.89. The maximum Gasteiger partial charge on any atom is 0.312 e. The van der Waals surface area contributed by atoms with Crippen LogP contribution < -0.4 is 5.32 Å². The van der Waals surface area contributed by atoms with Gasteiger partial charge in [-0.2, -0.15) is 0 Å². The molecular formula is C16H26N2O4. The normalized spacial score (nSPS) is 23.3. The SMILES string of the molecule is CON(C)C(=O)c1ccc(CC2COC(C)(C)C(C)(C)N2)o1. The zero-order valence-electron chi connectivity index (χ0n) is 14.2. The van der Waals surface area contributed by atoms with Gasteiger partial charge in [0.05, 0.1) is 19.3 Å². The van der Waals surface area contributed by atoms with E-state index in [0.717, 1.165) is 10.8 Å². The summed E-state index contributed by atoms with van der Waals surface area (Å²) in [7, 11) is 2.99. The molecule has 2 heterocycles. The van der Waals surface area contributed by atoms with Gasteiger partial charge in [-0.15, -0.1) is 0 Å². The standard InChI is InChI=1S/C16H26N2O4/c1-15(2)16(3,4)21-10-11(17-15)9-12-7-8-13(22-12)14(19)18(5)20-6/h7-8,11,17H,9-10H2,1-6H3. The predicted molar refractivity (Wildman–Crippen MR) is 82.5 cm³/mol. The number of nitrogens with zero attached hydrogens (tertiary/aromatic N) is 1. The molecule has 0 radical (unpaired) electrons. The molecule has 1 aromatic rings. The van der Waals surface area contributed by atoms with Crippen molar-refractivity contribution in [1.82, 2.24) is 10.4 Å². The highest BCUT2D eigenvalue weighted by Gasteiger charge is 2.43. The number of hydroxylamine groups is 2. The summed E-state index contributed by atoms with van der Waals surface area (Å²) in [6.45, 7) is 9.03. The van der Waals surface area contributed by atoms with Crippen molar-refractivity contribution in [2.45, 2.75) is 51.3 Å². The Morgan fingerprint density at radius 1 is 1.41 bits per heavy atom. The van der Waals surface area contributed by atoms with Gasteiger partial charge >= 0.3 is 5.91 Å². The highest BCUT2D eigenvalue weighted by Crippen LogP contribution is 2.30. The van der Waals surface area contributed by atoms with E-state index in [-0.39, 0.29) is 28.8 Å². The smallest absolute Gasteiger partial charge is 0.312 e. The van der Waals surface area contributed by atoms with Gasteiger partial charge in [-0.05, 0) is 39.8 Å². The number of ether oxygens (including phenoxy) is 1. The Morgan fingerprint density at radius 3 is 2.68 bits per heavy atom. The molecule has 1 aromatic heterocycles.